The summed E-state index contributed by atoms with van der Waals surface area (Å²) in [5.41, 5.74) is -0.363. The highest BCUT2D eigenvalue weighted by Crippen LogP contribution is 2.49. The van der Waals surface area contributed by atoms with Gasteiger partial charge in [0.05, 0.1) is 6.07 Å². The summed E-state index contributed by atoms with van der Waals surface area (Å²) in [5.74, 6) is 0. The summed E-state index contributed by atoms with van der Waals surface area (Å²) in [6.45, 7) is 1.98. The molecule has 0 bridgehead atoms. The second-order valence-corrected chi connectivity index (χ2v) is 4.97. The lowest BCUT2D eigenvalue weighted by Gasteiger charge is -1.97. The number of hydrogen-bond acceptors (Lipinski definition) is 3. The van der Waals surface area contributed by atoms with Gasteiger partial charge >= 0.3 is 0 Å². The van der Waals surface area contributed by atoms with Crippen molar-refractivity contribution in [3.05, 3.63) is 35.2 Å². The zero-order chi connectivity index (χ0) is 10.5. The first-order valence-electron chi connectivity index (χ1n) is 4.80. The Morgan fingerprint density at radius 2 is 2.27 bits per heavy atom. The fourth-order valence-electron chi connectivity index (χ4n) is 1.77. The van der Waals surface area contributed by atoms with Crippen LogP contribution in [0.5, 0.6) is 0 Å². The first kappa shape index (κ1) is 8.90. The molecule has 2 unspecified atom stereocenters. The molecule has 1 aliphatic rings. The molecule has 0 amide bonds. The average Bonchev–Trinajstić information content (AvgIpc) is 2.76. The van der Waals surface area contributed by atoms with Crippen molar-refractivity contribution >= 4 is 21.4 Å². The van der Waals surface area contributed by atoms with E-state index in [1.807, 2.05) is 19.1 Å². The molecule has 15 heavy (non-hydrogen) atoms. The Labute approximate surface area is 91.7 Å². The molecule has 0 spiro atoms. The van der Waals surface area contributed by atoms with E-state index >= 15 is 0 Å². The van der Waals surface area contributed by atoms with Crippen LogP contribution in [0.2, 0.25) is 0 Å². The highest BCUT2D eigenvalue weighted by Gasteiger charge is 2.55. The molecule has 0 radical (unpaired) electrons. The van der Waals surface area contributed by atoms with Gasteiger partial charge in [0.2, 0.25) is 0 Å². The number of nitrogens with zero attached hydrogens (tertiary/aromatic N) is 1. The van der Waals surface area contributed by atoms with Gasteiger partial charge in [-0.25, -0.2) is 0 Å². The number of fused-ring (bicyclic) bond motifs is 1. The van der Waals surface area contributed by atoms with Crippen molar-refractivity contribution in [2.75, 3.05) is 0 Å². The second kappa shape index (κ2) is 2.82. The van der Waals surface area contributed by atoms with Gasteiger partial charge in [-0.2, -0.15) is 5.26 Å². The van der Waals surface area contributed by atoms with Gasteiger partial charge in [0.15, 0.2) is 6.10 Å². The van der Waals surface area contributed by atoms with Crippen LogP contribution in [0.4, 0.5) is 0 Å². The summed E-state index contributed by atoms with van der Waals surface area (Å²) >= 11 is 1.71. The number of ether oxygens (including phenoxy) is 1. The molecule has 2 nitrogen and oxygen atoms in total. The maximum Gasteiger partial charge on any atom is 0.178 e. The molecule has 3 rings (SSSR count). The van der Waals surface area contributed by atoms with Gasteiger partial charge in [-0.15, -0.1) is 11.3 Å². The van der Waals surface area contributed by atoms with Gasteiger partial charge < -0.3 is 4.74 Å². The summed E-state index contributed by atoms with van der Waals surface area (Å²) in [7, 11) is 0. The van der Waals surface area contributed by atoms with Crippen LogP contribution in [0.3, 0.4) is 0 Å². The number of nitriles is 1. The van der Waals surface area contributed by atoms with Crippen molar-refractivity contribution in [1.82, 2.24) is 0 Å². The molecule has 1 aliphatic heterocycles. The normalized spacial score (nSPS) is 28.9. The molecule has 2 aromatic rings. The third-order valence-corrected chi connectivity index (χ3v) is 4.17. The maximum absolute atomic E-state index is 8.81. The Morgan fingerprint density at radius 1 is 1.47 bits per heavy atom. The minimum atomic E-state index is -0.363. The minimum Gasteiger partial charge on any atom is -0.344 e. The molecule has 1 aromatic carbocycles. The van der Waals surface area contributed by atoms with Gasteiger partial charge in [-0.3, -0.25) is 0 Å². The Hall–Kier alpha value is -1.37. The zero-order valence-corrected chi connectivity index (χ0v) is 9.04. The van der Waals surface area contributed by atoms with Crippen molar-refractivity contribution in [2.24, 2.45) is 0 Å². The van der Waals surface area contributed by atoms with Crippen molar-refractivity contribution in [3.8, 4) is 6.07 Å². The van der Waals surface area contributed by atoms with Crippen LogP contribution >= 0.6 is 11.3 Å². The molecular formula is C12H9NOS. The van der Waals surface area contributed by atoms with E-state index in [1.54, 1.807) is 11.3 Å². The average molecular weight is 215 g/mol. The summed E-state index contributed by atoms with van der Waals surface area (Å²) in [4.78, 5) is 1.15. The summed E-state index contributed by atoms with van der Waals surface area (Å²) in [6, 6.07) is 12.5. The fraction of sp³-hybridized carbons (Fsp3) is 0.250. The predicted molar refractivity (Wildman–Crippen MR) is 59.7 cm³/mol. The molecule has 1 aromatic heterocycles. The molecule has 0 aliphatic carbocycles. The summed E-state index contributed by atoms with van der Waals surface area (Å²) < 4.78 is 6.67. The lowest BCUT2D eigenvalue weighted by atomic mass is 10.1. The van der Waals surface area contributed by atoms with Crippen LogP contribution in [-0.4, -0.2) is 6.10 Å². The molecule has 2 atom stereocenters. The Kier molecular flexibility index (Phi) is 1.67. The van der Waals surface area contributed by atoms with Crippen LogP contribution in [0, 0.1) is 11.3 Å². The number of hydrogen-bond donors (Lipinski definition) is 0. The SMILES string of the molecule is CC1(c2cc3ccccc3s2)OC1C#N. The standard InChI is InChI=1S/C12H9NOS/c1-12(10(7-13)14-12)11-6-8-4-2-3-5-9(8)15-11/h2-6,10H,1H3. The van der Waals surface area contributed by atoms with Gasteiger partial charge in [-0.1, -0.05) is 18.2 Å². The van der Waals surface area contributed by atoms with Crippen molar-refractivity contribution < 1.29 is 4.74 Å². The van der Waals surface area contributed by atoms with Crippen molar-refractivity contribution in [1.29, 1.82) is 5.26 Å². The molecular weight excluding hydrogens is 206 g/mol. The smallest absolute Gasteiger partial charge is 0.178 e. The molecule has 1 fully saturated rings. The Balaban J connectivity index is 2.11. The minimum absolute atomic E-state index is 0.273. The van der Waals surface area contributed by atoms with Gasteiger partial charge in [0.25, 0.3) is 0 Å². The van der Waals surface area contributed by atoms with Crippen molar-refractivity contribution in [3.63, 3.8) is 0 Å². The monoisotopic (exact) mass is 215 g/mol. The van der Waals surface area contributed by atoms with Crippen LogP contribution < -0.4 is 0 Å². The Morgan fingerprint density at radius 3 is 2.93 bits per heavy atom. The number of benzene rings is 1. The van der Waals surface area contributed by atoms with Crippen LogP contribution in [0.25, 0.3) is 10.1 Å². The van der Waals surface area contributed by atoms with E-state index in [1.165, 1.54) is 10.1 Å². The molecule has 0 saturated carbocycles. The lowest BCUT2D eigenvalue weighted by Crippen LogP contribution is -2.03. The first-order chi connectivity index (χ1) is 7.24. The maximum atomic E-state index is 8.81. The first-order valence-corrected chi connectivity index (χ1v) is 5.62. The third-order valence-electron chi connectivity index (χ3n) is 2.84. The number of thiophene rings is 1. The number of epoxide rings is 1. The highest BCUT2D eigenvalue weighted by atomic mass is 32.1. The molecule has 0 N–H and O–H groups in total. The highest BCUT2D eigenvalue weighted by molar-refractivity contribution is 7.19. The summed E-state index contributed by atoms with van der Waals surface area (Å²) in [5, 5.41) is 10.0. The van der Waals surface area contributed by atoms with E-state index in [9.17, 15) is 0 Å². The number of rotatable bonds is 1. The van der Waals surface area contributed by atoms with E-state index in [2.05, 4.69) is 24.3 Å². The molecule has 3 heteroatoms. The van der Waals surface area contributed by atoms with E-state index in [-0.39, 0.29) is 11.7 Å². The quantitative estimate of drug-likeness (QED) is 0.685. The van der Waals surface area contributed by atoms with Crippen LogP contribution in [-0.2, 0) is 10.3 Å². The van der Waals surface area contributed by atoms with Gasteiger partial charge in [0.1, 0.15) is 5.60 Å². The van der Waals surface area contributed by atoms with Gasteiger partial charge in [0, 0.05) is 9.58 Å². The van der Waals surface area contributed by atoms with Crippen LogP contribution in [0.15, 0.2) is 30.3 Å². The second-order valence-electron chi connectivity index (χ2n) is 3.88. The molecule has 74 valence electrons. The van der Waals surface area contributed by atoms with E-state index in [0.29, 0.717) is 0 Å². The third kappa shape index (κ3) is 1.19. The lowest BCUT2D eigenvalue weighted by molar-refractivity contribution is 0.325. The Bertz CT molecular complexity index is 535. The van der Waals surface area contributed by atoms with Crippen molar-refractivity contribution in [2.45, 2.75) is 18.6 Å². The summed E-state index contributed by atoms with van der Waals surface area (Å²) in [6.07, 6.45) is -0.273. The van der Waals surface area contributed by atoms with E-state index in [0.717, 1.165) is 4.88 Å². The van der Waals surface area contributed by atoms with Gasteiger partial charge in [-0.05, 0) is 24.4 Å². The molecule has 2 heterocycles. The predicted octanol–water partition coefficient (Wildman–Crippen LogP) is 3.04. The molecule has 1 saturated heterocycles. The zero-order valence-electron chi connectivity index (χ0n) is 8.23. The topological polar surface area (TPSA) is 36.3 Å². The van der Waals surface area contributed by atoms with E-state index < -0.39 is 0 Å². The van der Waals surface area contributed by atoms with E-state index in [4.69, 9.17) is 10.00 Å². The fourth-order valence-corrected chi connectivity index (χ4v) is 2.95. The van der Waals surface area contributed by atoms with Crippen LogP contribution in [0.1, 0.15) is 11.8 Å². The largest absolute Gasteiger partial charge is 0.344 e.